The molecular weight excluding hydrogens is 192 g/mol. The molecule has 0 fully saturated rings. The summed E-state index contributed by atoms with van der Waals surface area (Å²) in [4.78, 5) is 11.3. The van der Waals surface area contributed by atoms with Gasteiger partial charge in [0.2, 0.25) is 5.91 Å². The number of nitrogens with one attached hydrogen (secondary N) is 1. The van der Waals surface area contributed by atoms with E-state index < -0.39 is 0 Å². The summed E-state index contributed by atoms with van der Waals surface area (Å²) in [6, 6.07) is 3.76. The monoisotopic (exact) mass is 210 g/mol. The smallest absolute Gasteiger partial charge is 0.220 e. The highest BCUT2D eigenvalue weighted by Gasteiger charge is 2.02. The Morgan fingerprint density at radius 2 is 2.27 bits per heavy atom. The topological polar surface area (TPSA) is 68.3 Å². The minimum atomic E-state index is 0.0532. The molecule has 1 aromatic rings. The molecule has 1 amide bonds. The maximum atomic E-state index is 11.3. The van der Waals surface area contributed by atoms with Crippen LogP contribution in [0.2, 0.25) is 0 Å². The van der Waals surface area contributed by atoms with Gasteiger partial charge in [0.05, 0.1) is 6.54 Å². The van der Waals surface area contributed by atoms with Crippen molar-refractivity contribution in [1.29, 1.82) is 0 Å². The van der Waals surface area contributed by atoms with Gasteiger partial charge in [0.15, 0.2) is 0 Å². The fourth-order valence-electron chi connectivity index (χ4n) is 1.28. The summed E-state index contributed by atoms with van der Waals surface area (Å²) in [6.45, 7) is 2.99. The highest BCUT2D eigenvalue weighted by Crippen LogP contribution is 2.05. The van der Waals surface area contributed by atoms with Crippen LogP contribution in [-0.4, -0.2) is 12.5 Å². The van der Waals surface area contributed by atoms with Crippen molar-refractivity contribution >= 4 is 5.91 Å². The molecule has 0 unspecified atom stereocenters. The highest BCUT2D eigenvalue weighted by atomic mass is 16.3. The molecule has 0 saturated heterocycles. The van der Waals surface area contributed by atoms with E-state index in [0.717, 1.165) is 24.4 Å². The predicted molar refractivity (Wildman–Crippen MR) is 58.2 cm³/mol. The van der Waals surface area contributed by atoms with Crippen molar-refractivity contribution in [3.63, 3.8) is 0 Å². The zero-order valence-electron chi connectivity index (χ0n) is 9.08. The van der Waals surface area contributed by atoms with Crippen LogP contribution in [0, 0.1) is 6.92 Å². The highest BCUT2D eigenvalue weighted by molar-refractivity contribution is 5.75. The number of amides is 1. The van der Waals surface area contributed by atoms with Crippen molar-refractivity contribution in [2.24, 2.45) is 5.73 Å². The first kappa shape index (κ1) is 11.8. The minimum Gasteiger partial charge on any atom is -0.465 e. The average Bonchev–Trinajstić information content (AvgIpc) is 2.62. The fraction of sp³-hybridized carbons (Fsp3) is 0.545. The van der Waals surface area contributed by atoms with Gasteiger partial charge in [-0.1, -0.05) is 0 Å². The van der Waals surface area contributed by atoms with Gasteiger partial charge in [-0.2, -0.15) is 0 Å². The second kappa shape index (κ2) is 6.24. The van der Waals surface area contributed by atoms with Crippen LogP contribution in [-0.2, 0) is 11.3 Å². The first-order chi connectivity index (χ1) is 7.22. The number of aryl methyl sites for hydroxylation is 1. The standard InChI is InChI=1S/C11H18N2O2/c1-9-5-6-10(15-9)8-13-11(14)4-2-3-7-12/h5-6H,2-4,7-8,12H2,1H3,(H,13,14). The van der Waals surface area contributed by atoms with Crippen molar-refractivity contribution < 1.29 is 9.21 Å². The zero-order valence-corrected chi connectivity index (χ0v) is 9.08. The molecule has 0 aliphatic carbocycles. The molecule has 0 aliphatic rings. The molecule has 4 heteroatoms. The molecule has 0 bridgehead atoms. The maximum absolute atomic E-state index is 11.3. The molecule has 1 heterocycles. The Morgan fingerprint density at radius 1 is 1.47 bits per heavy atom. The first-order valence-electron chi connectivity index (χ1n) is 5.24. The molecule has 0 radical (unpaired) electrons. The van der Waals surface area contributed by atoms with Crippen molar-refractivity contribution in [3.8, 4) is 0 Å². The number of carbonyl (C=O) groups excluding carboxylic acids is 1. The molecule has 15 heavy (non-hydrogen) atoms. The number of hydrogen-bond acceptors (Lipinski definition) is 3. The molecule has 84 valence electrons. The van der Waals surface area contributed by atoms with Crippen LogP contribution in [0.3, 0.4) is 0 Å². The van der Waals surface area contributed by atoms with E-state index in [1.54, 1.807) is 0 Å². The quantitative estimate of drug-likeness (QED) is 0.696. The van der Waals surface area contributed by atoms with Crippen LogP contribution in [0.1, 0.15) is 30.8 Å². The van der Waals surface area contributed by atoms with Crippen LogP contribution < -0.4 is 11.1 Å². The van der Waals surface area contributed by atoms with Crippen molar-refractivity contribution in [1.82, 2.24) is 5.32 Å². The molecule has 0 saturated carbocycles. The van der Waals surface area contributed by atoms with E-state index in [1.807, 2.05) is 19.1 Å². The van der Waals surface area contributed by atoms with E-state index >= 15 is 0 Å². The normalized spacial score (nSPS) is 10.3. The first-order valence-corrected chi connectivity index (χ1v) is 5.24. The van der Waals surface area contributed by atoms with Crippen LogP contribution >= 0.6 is 0 Å². The summed E-state index contributed by atoms with van der Waals surface area (Å²) >= 11 is 0. The third-order valence-electron chi connectivity index (χ3n) is 2.11. The lowest BCUT2D eigenvalue weighted by Gasteiger charge is -2.02. The van der Waals surface area contributed by atoms with Gasteiger partial charge in [0, 0.05) is 6.42 Å². The molecule has 0 aromatic carbocycles. The number of carbonyl (C=O) groups is 1. The Balaban J connectivity index is 2.16. The Hall–Kier alpha value is -1.29. The number of nitrogens with two attached hydrogens (primary N) is 1. The number of unbranched alkanes of at least 4 members (excludes halogenated alkanes) is 1. The molecule has 0 aliphatic heterocycles. The molecule has 4 nitrogen and oxygen atoms in total. The van der Waals surface area contributed by atoms with E-state index in [4.69, 9.17) is 10.2 Å². The van der Waals surface area contributed by atoms with E-state index in [-0.39, 0.29) is 5.91 Å². The average molecular weight is 210 g/mol. The van der Waals surface area contributed by atoms with Crippen LogP contribution in [0.4, 0.5) is 0 Å². The summed E-state index contributed by atoms with van der Waals surface area (Å²) < 4.78 is 5.32. The van der Waals surface area contributed by atoms with Gasteiger partial charge >= 0.3 is 0 Å². The lowest BCUT2D eigenvalue weighted by Crippen LogP contribution is -2.22. The summed E-state index contributed by atoms with van der Waals surface area (Å²) in [5.74, 6) is 1.71. The largest absolute Gasteiger partial charge is 0.465 e. The molecule has 1 rings (SSSR count). The van der Waals surface area contributed by atoms with Crippen molar-refractivity contribution in [2.75, 3.05) is 6.54 Å². The van der Waals surface area contributed by atoms with Crippen LogP contribution in [0.15, 0.2) is 16.5 Å². The molecule has 0 spiro atoms. The second-order valence-electron chi connectivity index (χ2n) is 3.53. The molecule has 3 N–H and O–H groups in total. The van der Waals surface area contributed by atoms with E-state index in [2.05, 4.69) is 5.32 Å². The molecule has 1 aromatic heterocycles. The van der Waals surface area contributed by atoms with Crippen LogP contribution in [0.25, 0.3) is 0 Å². The Morgan fingerprint density at radius 3 is 2.87 bits per heavy atom. The summed E-state index contributed by atoms with van der Waals surface area (Å²) in [5, 5.41) is 2.80. The Labute approximate surface area is 89.8 Å². The fourth-order valence-corrected chi connectivity index (χ4v) is 1.28. The van der Waals surface area contributed by atoms with Gasteiger partial charge in [0.1, 0.15) is 11.5 Å². The van der Waals surface area contributed by atoms with Gasteiger partial charge in [-0.05, 0) is 38.4 Å². The van der Waals surface area contributed by atoms with Gasteiger partial charge in [0.25, 0.3) is 0 Å². The van der Waals surface area contributed by atoms with E-state index in [1.165, 1.54) is 0 Å². The molecule has 0 atom stereocenters. The van der Waals surface area contributed by atoms with Crippen molar-refractivity contribution in [3.05, 3.63) is 23.7 Å². The molecular formula is C11H18N2O2. The lowest BCUT2D eigenvalue weighted by molar-refractivity contribution is -0.121. The van der Waals surface area contributed by atoms with Crippen molar-refractivity contribution in [2.45, 2.75) is 32.7 Å². The summed E-state index contributed by atoms with van der Waals surface area (Å²) in [5.41, 5.74) is 5.34. The third kappa shape index (κ3) is 4.65. The van der Waals surface area contributed by atoms with E-state index in [0.29, 0.717) is 19.5 Å². The number of rotatable bonds is 6. The van der Waals surface area contributed by atoms with Crippen LogP contribution in [0.5, 0.6) is 0 Å². The SMILES string of the molecule is Cc1ccc(CNC(=O)CCCCN)o1. The van der Waals surface area contributed by atoms with Gasteiger partial charge in [-0.15, -0.1) is 0 Å². The lowest BCUT2D eigenvalue weighted by atomic mass is 10.2. The van der Waals surface area contributed by atoms with E-state index in [9.17, 15) is 4.79 Å². The minimum absolute atomic E-state index is 0.0532. The summed E-state index contributed by atoms with van der Waals surface area (Å²) in [6.07, 6.45) is 2.28. The third-order valence-corrected chi connectivity index (χ3v) is 2.11. The van der Waals surface area contributed by atoms with Gasteiger partial charge in [-0.25, -0.2) is 0 Å². The number of furan rings is 1. The summed E-state index contributed by atoms with van der Waals surface area (Å²) in [7, 11) is 0. The van der Waals surface area contributed by atoms with Gasteiger partial charge < -0.3 is 15.5 Å². The Kier molecular flexibility index (Phi) is 4.90. The second-order valence-corrected chi connectivity index (χ2v) is 3.53. The zero-order chi connectivity index (χ0) is 11.1. The Bertz CT molecular complexity index is 307. The maximum Gasteiger partial charge on any atom is 0.220 e. The number of hydrogen-bond donors (Lipinski definition) is 2. The predicted octanol–water partition coefficient (Wildman–Crippen LogP) is 1.33. The van der Waals surface area contributed by atoms with Gasteiger partial charge in [-0.3, -0.25) is 4.79 Å².